The Bertz CT molecular complexity index is 460. The van der Waals surface area contributed by atoms with Gasteiger partial charge >= 0.3 is 5.51 Å². The molecule has 0 radical (unpaired) electrons. The van der Waals surface area contributed by atoms with Crippen molar-refractivity contribution in [1.29, 1.82) is 0 Å². The van der Waals surface area contributed by atoms with Crippen LogP contribution in [0, 0.1) is 0 Å². The highest BCUT2D eigenvalue weighted by molar-refractivity contribution is 8.00. The van der Waals surface area contributed by atoms with Crippen LogP contribution in [0.3, 0.4) is 0 Å². The van der Waals surface area contributed by atoms with Crippen LogP contribution in [0.1, 0.15) is 10.4 Å². The van der Waals surface area contributed by atoms with Crippen LogP contribution in [-0.2, 0) is 4.79 Å². The minimum atomic E-state index is -4.43. The number of halogens is 3. The molecule has 0 aliphatic rings. The van der Waals surface area contributed by atoms with E-state index < -0.39 is 28.9 Å². The maximum Gasteiger partial charge on any atom is 0.442 e. The summed E-state index contributed by atoms with van der Waals surface area (Å²) in [7, 11) is 1.48. The van der Waals surface area contributed by atoms with Gasteiger partial charge in [-0.05, 0) is 36.0 Å². The van der Waals surface area contributed by atoms with Gasteiger partial charge in [0.15, 0.2) is 0 Å². The molecule has 0 unspecified atom stereocenters. The number of carbonyl (C=O) groups excluding carboxylic acids is 2. The largest absolute Gasteiger partial charge is 0.442 e. The molecule has 0 saturated heterocycles. The summed E-state index contributed by atoms with van der Waals surface area (Å²) in [5, 5.41) is 4.73. The molecule has 0 bridgehead atoms. The fourth-order valence-corrected chi connectivity index (χ4v) is 1.56. The van der Waals surface area contributed by atoms with Gasteiger partial charge in [-0.3, -0.25) is 9.59 Å². The number of carbonyl (C=O) groups is 2. The third-order valence-electron chi connectivity index (χ3n) is 2.02. The third kappa shape index (κ3) is 5.64. The molecular weight excluding hydrogens is 281 g/mol. The number of hydrogen-bond acceptors (Lipinski definition) is 3. The summed E-state index contributed by atoms with van der Waals surface area (Å²) in [6.07, 6.45) is 0. The molecule has 0 aliphatic heterocycles. The molecule has 0 fully saturated rings. The first kappa shape index (κ1) is 15.4. The van der Waals surface area contributed by atoms with Crippen molar-refractivity contribution in [3.05, 3.63) is 29.8 Å². The number of anilines is 1. The summed E-state index contributed by atoms with van der Waals surface area (Å²) in [4.78, 5) is 22.5. The second kappa shape index (κ2) is 6.46. The van der Waals surface area contributed by atoms with Gasteiger partial charge in [-0.2, -0.15) is 13.2 Å². The minimum absolute atomic E-state index is 0.287. The van der Waals surface area contributed by atoms with E-state index in [0.717, 1.165) is 0 Å². The lowest BCUT2D eigenvalue weighted by Crippen LogP contribution is -2.18. The minimum Gasteiger partial charge on any atom is -0.355 e. The first-order valence-corrected chi connectivity index (χ1v) is 6.13. The van der Waals surface area contributed by atoms with Crippen molar-refractivity contribution < 1.29 is 22.8 Å². The van der Waals surface area contributed by atoms with Gasteiger partial charge in [-0.15, -0.1) is 0 Å². The fourth-order valence-electron chi connectivity index (χ4n) is 1.19. The normalized spacial score (nSPS) is 10.9. The Morgan fingerprint density at radius 1 is 1.21 bits per heavy atom. The van der Waals surface area contributed by atoms with Crippen molar-refractivity contribution in [2.45, 2.75) is 5.51 Å². The molecule has 0 spiro atoms. The molecule has 1 aromatic carbocycles. The van der Waals surface area contributed by atoms with E-state index in [1.54, 1.807) is 0 Å². The topological polar surface area (TPSA) is 58.2 Å². The van der Waals surface area contributed by atoms with Gasteiger partial charge < -0.3 is 10.6 Å². The fraction of sp³-hybridized carbons (Fsp3) is 0.273. The van der Waals surface area contributed by atoms with Gasteiger partial charge in [0, 0.05) is 18.3 Å². The van der Waals surface area contributed by atoms with E-state index in [9.17, 15) is 22.8 Å². The first-order valence-electron chi connectivity index (χ1n) is 5.14. The standard InChI is InChI=1S/C11H11F3N2O2S/c1-15-10(18)7-2-4-8(5-3-7)16-9(17)6-19-11(12,13)14/h2-5H,6H2,1H3,(H,15,18)(H,16,17). The SMILES string of the molecule is CNC(=O)c1ccc(NC(=O)CSC(F)(F)F)cc1. The molecule has 2 amide bonds. The lowest BCUT2D eigenvalue weighted by Gasteiger charge is -2.07. The van der Waals surface area contributed by atoms with Crippen LogP contribution in [0.2, 0.25) is 0 Å². The molecule has 19 heavy (non-hydrogen) atoms. The van der Waals surface area contributed by atoms with Crippen LogP contribution in [-0.4, -0.2) is 30.1 Å². The number of hydrogen-bond donors (Lipinski definition) is 2. The molecule has 0 atom stereocenters. The molecule has 1 rings (SSSR count). The molecular formula is C11H11F3N2O2S. The van der Waals surface area contributed by atoms with Crippen molar-refractivity contribution >= 4 is 29.3 Å². The predicted octanol–water partition coefficient (Wildman–Crippen LogP) is 2.24. The Morgan fingerprint density at radius 3 is 2.26 bits per heavy atom. The molecule has 0 saturated carbocycles. The summed E-state index contributed by atoms with van der Waals surface area (Å²) >= 11 is -0.404. The molecule has 104 valence electrons. The molecule has 0 aromatic heterocycles. The van der Waals surface area contributed by atoms with Crippen LogP contribution in [0.15, 0.2) is 24.3 Å². The molecule has 4 nitrogen and oxygen atoms in total. The van der Waals surface area contributed by atoms with Crippen molar-refractivity contribution in [3.63, 3.8) is 0 Å². The molecule has 8 heteroatoms. The summed E-state index contributed by atoms with van der Waals surface area (Å²) in [6, 6.07) is 5.82. The lowest BCUT2D eigenvalue weighted by molar-refractivity contribution is -0.114. The van der Waals surface area contributed by atoms with E-state index in [2.05, 4.69) is 10.6 Å². The van der Waals surface area contributed by atoms with Gasteiger partial charge in [0.1, 0.15) is 0 Å². The zero-order chi connectivity index (χ0) is 14.5. The van der Waals surface area contributed by atoms with Crippen molar-refractivity contribution in [1.82, 2.24) is 5.32 Å². The third-order valence-corrected chi connectivity index (χ3v) is 2.76. The Labute approximate surface area is 111 Å². The maximum atomic E-state index is 11.9. The van der Waals surface area contributed by atoms with Crippen LogP contribution in [0.5, 0.6) is 0 Å². The molecule has 0 heterocycles. The zero-order valence-corrected chi connectivity index (χ0v) is 10.7. The van der Waals surface area contributed by atoms with Gasteiger partial charge in [-0.25, -0.2) is 0 Å². The van der Waals surface area contributed by atoms with Crippen LogP contribution in [0.4, 0.5) is 18.9 Å². The maximum absolute atomic E-state index is 11.9. The molecule has 1 aromatic rings. The Balaban J connectivity index is 2.54. The highest BCUT2D eigenvalue weighted by atomic mass is 32.2. The van der Waals surface area contributed by atoms with Crippen LogP contribution < -0.4 is 10.6 Å². The van der Waals surface area contributed by atoms with Gasteiger partial charge in [-0.1, -0.05) is 0 Å². The van der Waals surface area contributed by atoms with Gasteiger partial charge in [0.25, 0.3) is 5.91 Å². The highest BCUT2D eigenvalue weighted by Crippen LogP contribution is 2.29. The van der Waals surface area contributed by atoms with Crippen molar-refractivity contribution in [2.75, 3.05) is 18.1 Å². The number of nitrogens with one attached hydrogen (secondary N) is 2. The monoisotopic (exact) mass is 292 g/mol. The molecule has 2 N–H and O–H groups in total. The first-order chi connectivity index (χ1) is 8.81. The van der Waals surface area contributed by atoms with E-state index in [1.807, 2.05) is 0 Å². The number of alkyl halides is 3. The number of benzene rings is 1. The average molecular weight is 292 g/mol. The van der Waals surface area contributed by atoms with Crippen molar-refractivity contribution in [3.8, 4) is 0 Å². The lowest BCUT2D eigenvalue weighted by atomic mass is 10.2. The Morgan fingerprint density at radius 2 is 1.79 bits per heavy atom. The van der Waals surface area contributed by atoms with E-state index in [1.165, 1.54) is 31.3 Å². The summed E-state index contributed by atoms with van der Waals surface area (Å²) < 4.78 is 35.6. The zero-order valence-electron chi connectivity index (χ0n) is 9.88. The van der Waals surface area contributed by atoms with Crippen LogP contribution in [0.25, 0.3) is 0 Å². The average Bonchev–Trinajstić information content (AvgIpc) is 2.35. The van der Waals surface area contributed by atoms with E-state index >= 15 is 0 Å². The number of amides is 2. The smallest absolute Gasteiger partial charge is 0.355 e. The number of rotatable bonds is 4. The van der Waals surface area contributed by atoms with E-state index in [0.29, 0.717) is 11.3 Å². The number of thioether (sulfide) groups is 1. The van der Waals surface area contributed by atoms with Crippen LogP contribution >= 0.6 is 11.8 Å². The van der Waals surface area contributed by atoms with E-state index in [-0.39, 0.29) is 5.91 Å². The van der Waals surface area contributed by atoms with Crippen molar-refractivity contribution in [2.24, 2.45) is 0 Å². The molecule has 0 aliphatic carbocycles. The van der Waals surface area contributed by atoms with E-state index in [4.69, 9.17) is 0 Å². The second-order valence-electron chi connectivity index (χ2n) is 3.44. The quantitative estimate of drug-likeness (QED) is 0.894. The summed E-state index contributed by atoms with van der Waals surface area (Å²) in [5.41, 5.74) is -3.70. The van der Waals surface area contributed by atoms with Gasteiger partial charge in [0.2, 0.25) is 5.91 Å². The summed E-state index contributed by atoms with van der Waals surface area (Å²) in [6.45, 7) is 0. The highest BCUT2D eigenvalue weighted by Gasteiger charge is 2.29. The predicted molar refractivity (Wildman–Crippen MR) is 67.0 cm³/mol. The Kier molecular flexibility index (Phi) is 5.22. The second-order valence-corrected chi connectivity index (χ2v) is 4.48. The van der Waals surface area contributed by atoms with Gasteiger partial charge in [0.05, 0.1) is 5.75 Å². The summed E-state index contributed by atoms with van der Waals surface area (Å²) in [5.74, 6) is -1.75. The Hall–Kier alpha value is -1.70.